The number of benzene rings is 2. The Bertz CT molecular complexity index is 1520. The van der Waals surface area contributed by atoms with Gasteiger partial charge >= 0.3 is 0 Å². The molecular weight excluding hydrogens is 427 g/mol. The molecule has 34 heavy (non-hydrogen) atoms. The van der Waals surface area contributed by atoms with Crippen molar-refractivity contribution in [2.45, 2.75) is 32.9 Å². The van der Waals surface area contributed by atoms with Crippen LogP contribution in [0.15, 0.2) is 83.0 Å². The van der Waals surface area contributed by atoms with Crippen molar-refractivity contribution in [2.75, 3.05) is 0 Å². The van der Waals surface area contributed by atoms with Gasteiger partial charge in [0.25, 0.3) is 5.56 Å². The normalized spacial score (nSPS) is 16.9. The molecule has 4 aromatic rings. The van der Waals surface area contributed by atoms with Crippen LogP contribution in [0.2, 0.25) is 0 Å². The van der Waals surface area contributed by atoms with Crippen LogP contribution in [0.4, 0.5) is 4.39 Å². The lowest BCUT2D eigenvalue weighted by molar-refractivity contribution is 0.610. The maximum atomic E-state index is 15.0. The van der Waals surface area contributed by atoms with Gasteiger partial charge in [-0.05, 0) is 61.7 Å². The molecule has 6 heteroatoms. The molecule has 0 spiro atoms. The summed E-state index contributed by atoms with van der Waals surface area (Å²) >= 11 is 0. The summed E-state index contributed by atoms with van der Waals surface area (Å²) in [7, 11) is 0. The maximum absolute atomic E-state index is 15.0. The van der Waals surface area contributed by atoms with Gasteiger partial charge < -0.3 is 10.3 Å². The maximum Gasteiger partial charge on any atom is 0.253 e. The molecule has 1 aliphatic rings. The van der Waals surface area contributed by atoms with Gasteiger partial charge in [0.2, 0.25) is 0 Å². The summed E-state index contributed by atoms with van der Waals surface area (Å²) in [6.45, 7) is 6.21. The number of fused-ring (bicyclic) bond motifs is 1. The quantitative estimate of drug-likeness (QED) is 0.488. The average Bonchev–Trinajstić information content (AvgIpc) is 3.15. The zero-order valence-corrected chi connectivity index (χ0v) is 19.3. The monoisotopic (exact) mass is 452 g/mol. The van der Waals surface area contributed by atoms with Crippen molar-refractivity contribution >= 4 is 5.84 Å². The van der Waals surface area contributed by atoms with Crippen LogP contribution in [-0.2, 0) is 12.1 Å². The van der Waals surface area contributed by atoms with Gasteiger partial charge in [-0.1, -0.05) is 30.3 Å². The largest absolute Gasteiger partial charge is 0.383 e. The van der Waals surface area contributed by atoms with E-state index < -0.39 is 11.4 Å². The molecule has 0 unspecified atom stereocenters. The van der Waals surface area contributed by atoms with Crippen LogP contribution in [0, 0.1) is 19.7 Å². The molecule has 1 atom stereocenters. The van der Waals surface area contributed by atoms with Gasteiger partial charge in [0, 0.05) is 47.4 Å². The van der Waals surface area contributed by atoms with Crippen LogP contribution in [0.1, 0.15) is 40.3 Å². The van der Waals surface area contributed by atoms with Crippen molar-refractivity contribution in [1.82, 2.24) is 9.55 Å². The molecule has 0 fully saturated rings. The van der Waals surface area contributed by atoms with Crippen molar-refractivity contribution in [1.29, 1.82) is 0 Å². The number of halogens is 1. The zero-order valence-electron chi connectivity index (χ0n) is 19.3. The number of nitrogens with zero attached hydrogens (tertiary/aromatic N) is 3. The van der Waals surface area contributed by atoms with Crippen molar-refractivity contribution in [2.24, 2.45) is 10.7 Å². The second-order valence-corrected chi connectivity index (χ2v) is 8.70. The van der Waals surface area contributed by atoms with E-state index in [0.717, 1.165) is 27.8 Å². The van der Waals surface area contributed by atoms with Crippen LogP contribution in [0.25, 0.3) is 11.1 Å². The number of aromatic nitrogens is 2. The molecule has 3 heterocycles. The highest BCUT2D eigenvalue weighted by molar-refractivity contribution is 6.03. The Balaban J connectivity index is 1.85. The minimum absolute atomic E-state index is 0.0598. The summed E-state index contributed by atoms with van der Waals surface area (Å²) < 4.78 is 16.6. The first-order valence-electron chi connectivity index (χ1n) is 11.2. The Morgan fingerprint density at radius 1 is 1.00 bits per heavy atom. The van der Waals surface area contributed by atoms with E-state index in [1.165, 1.54) is 6.07 Å². The fourth-order valence-electron chi connectivity index (χ4n) is 4.84. The van der Waals surface area contributed by atoms with Gasteiger partial charge in [0.1, 0.15) is 17.2 Å². The van der Waals surface area contributed by atoms with E-state index in [4.69, 9.17) is 10.7 Å². The molecule has 5 nitrogen and oxygen atoms in total. The van der Waals surface area contributed by atoms with Crippen molar-refractivity contribution in [3.8, 4) is 11.1 Å². The van der Waals surface area contributed by atoms with Crippen LogP contribution in [-0.4, -0.2) is 15.4 Å². The van der Waals surface area contributed by atoms with E-state index in [-0.39, 0.29) is 11.4 Å². The average molecular weight is 453 g/mol. The second kappa shape index (κ2) is 8.06. The molecule has 0 bridgehead atoms. The first kappa shape index (κ1) is 21.8. The number of nitrogens with two attached hydrogens (primary N) is 1. The highest BCUT2D eigenvalue weighted by atomic mass is 19.1. The van der Waals surface area contributed by atoms with E-state index in [2.05, 4.69) is 11.1 Å². The van der Waals surface area contributed by atoms with Gasteiger partial charge in [-0.3, -0.25) is 9.78 Å². The summed E-state index contributed by atoms with van der Waals surface area (Å²) in [5.41, 5.74) is 11.3. The standard InChI is InChI=1S/C28H25FN4O/c1-4-33-16-22(12-18(3)27(33)34)28(23-9-6-10-24(29)25(23)26(30)32-28)21-8-5-7-19(13-21)20-11-17(2)14-31-15-20/h5-16H,4H2,1-3H3,(H2,30,32)/t28-/m0/s1. The molecule has 2 aromatic heterocycles. The predicted octanol–water partition coefficient (Wildman–Crippen LogP) is 4.70. The van der Waals surface area contributed by atoms with Crippen molar-refractivity contribution in [3.63, 3.8) is 0 Å². The third-order valence-corrected chi connectivity index (χ3v) is 6.46. The predicted molar refractivity (Wildman–Crippen MR) is 133 cm³/mol. The summed E-state index contributed by atoms with van der Waals surface area (Å²) in [5.74, 6) is -0.275. The number of aliphatic imine (C=N–C) groups is 1. The summed E-state index contributed by atoms with van der Waals surface area (Å²) in [6.07, 6.45) is 5.44. The zero-order chi connectivity index (χ0) is 24.0. The van der Waals surface area contributed by atoms with Gasteiger partial charge in [-0.25, -0.2) is 9.38 Å². The molecule has 170 valence electrons. The molecule has 2 aromatic carbocycles. The summed E-state index contributed by atoms with van der Waals surface area (Å²) in [5, 5.41) is 0. The Morgan fingerprint density at radius 2 is 1.79 bits per heavy atom. The summed E-state index contributed by atoms with van der Waals surface area (Å²) in [6, 6.07) is 16.8. The van der Waals surface area contributed by atoms with Crippen molar-refractivity contribution < 1.29 is 4.39 Å². The SMILES string of the molecule is CCn1cc([C@]2(c3cccc(-c4cncc(C)c4)c3)N=C(N)c3c(F)cccc32)cc(C)c1=O. The Labute approximate surface area is 197 Å². The molecule has 0 aliphatic carbocycles. The first-order valence-corrected chi connectivity index (χ1v) is 11.2. The topological polar surface area (TPSA) is 73.3 Å². The van der Waals surface area contributed by atoms with Crippen molar-refractivity contribution in [3.05, 3.63) is 123 Å². The lowest BCUT2D eigenvalue weighted by Gasteiger charge is -2.30. The molecule has 0 amide bonds. The highest BCUT2D eigenvalue weighted by Crippen LogP contribution is 2.47. The second-order valence-electron chi connectivity index (χ2n) is 8.70. The number of hydrogen-bond donors (Lipinski definition) is 1. The molecule has 2 N–H and O–H groups in total. The van der Waals surface area contributed by atoms with Crippen LogP contribution < -0.4 is 11.3 Å². The Hall–Kier alpha value is -4.06. The number of pyridine rings is 2. The molecular formula is C28H25FN4O. The number of hydrogen-bond acceptors (Lipinski definition) is 4. The third kappa shape index (κ3) is 3.25. The number of amidine groups is 1. The highest BCUT2D eigenvalue weighted by Gasteiger charge is 2.44. The molecule has 0 radical (unpaired) electrons. The molecule has 1 aliphatic heterocycles. The van der Waals surface area contributed by atoms with Crippen LogP contribution in [0.3, 0.4) is 0 Å². The third-order valence-electron chi connectivity index (χ3n) is 6.46. The van der Waals surface area contributed by atoms with E-state index in [0.29, 0.717) is 23.2 Å². The first-order chi connectivity index (χ1) is 16.3. The smallest absolute Gasteiger partial charge is 0.253 e. The van der Waals surface area contributed by atoms with E-state index in [9.17, 15) is 9.18 Å². The van der Waals surface area contributed by atoms with Gasteiger partial charge in [-0.2, -0.15) is 0 Å². The number of aryl methyl sites for hydroxylation is 3. The van der Waals surface area contributed by atoms with Crippen LogP contribution in [0.5, 0.6) is 0 Å². The van der Waals surface area contributed by atoms with E-state index in [1.807, 2.05) is 68.8 Å². The fourth-order valence-corrected chi connectivity index (χ4v) is 4.84. The van der Waals surface area contributed by atoms with Crippen LogP contribution >= 0.6 is 0 Å². The Kier molecular flexibility index (Phi) is 5.16. The van der Waals surface area contributed by atoms with E-state index in [1.54, 1.807) is 17.6 Å². The fraction of sp³-hybridized carbons (Fsp3) is 0.179. The summed E-state index contributed by atoms with van der Waals surface area (Å²) in [4.78, 5) is 21.9. The minimum Gasteiger partial charge on any atom is -0.383 e. The molecule has 0 saturated heterocycles. The number of rotatable bonds is 4. The van der Waals surface area contributed by atoms with Gasteiger partial charge in [0.05, 0.1) is 5.56 Å². The molecule has 0 saturated carbocycles. The molecule has 5 rings (SSSR count). The van der Waals surface area contributed by atoms with Gasteiger partial charge in [-0.15, -0.1) is 0 Å². The van der Waals surface area contributed by atoms with Gasteiger partial charge in [0.15, 0.2) is 0 Å². The lowest BCUT2D eigenvalue weighted by atomic mass is 9.77. The lowest BCUT2D eigenvalue weighted by Crippen LogP contribution is -2.30. The minimum atomic E-state index is -1.09. The Morgan fingerprint density at radius 3 is 2.56 bits per heavy atom. The van der Waals surface area contributed by atoms with E-state index >= 15 is 0 Å².